The molecule has 0 aromatic rings. The maximum Gasteiger partial charge on any atom is 0.152 e. The van der Waals surface area contributed by atoms with E-state index in [0.717, 1.165) is 0 Å². The van der Waals surface area contributed by atoms with Crippen molar-refractivity contribution in [3.8, 4) is 0 Å². The molecule has 5 heavy (non-hydrogen) atoms. The maximum absolute atomic E-state index is 8.11. The van der Waals surface area contributed by atoms with E-state index in [-0.39, 0.29) is 34.7 Å². The Balaban J connectivity index is -0.0000000200. The molecular weight excluding hydrogens is 125 g/mol. The van der Waals surface area contributed by atoms with Crippen LogP contribution >= 0.6 is 0 Å². The minimum atomic E-state index is 0. The first kappa shape index (κ1) is 17.9. The van der Waals surface area contributed by atoms with Crippen LogP contribution in [0.5, 0.6) is 0 Å². The van der Waals surface area contributed by atoms with E-state index in [9.17, 15) is 0 Å². The minimum absolute atomic E-state index is 0. The Morgan fingerprint density at radius 2 is 1.60 bits per heavy atom. The van der Waals surface area contributed by atoms with Crippen LogP contribution in [0.3, 0.4) is 0 Å². The summed E-state index contributed by atoms with van der Waals surface area (Å²) >= 11 is 0. The van der Waals surface area contributed by atoms with Crippen LogP contribution in [0.4, 0.5) is 0 Å². The van der Waals surface area contributed by atoms with Crippen LogP contribution < -0.4 is 0 Å². The molecule has 0 spiro atoms. The van der Waals surface area contributed by atoms with Crippen LogP contribution in [0.15, 0.2) is 5.34 Å². The van der Waals surface area contributed by atoms with E-state index in [1.165, 1.54) is 5.34 Å². The van der Waals surface area contributed by atoms with Crippen LogP contribution in [0.1, 0.15) is 0 Å². The molecule has 0 aromatic heterocycles. The van der Waals surface area contributed by atoms with Crippen molar-refractivity contribution in [1.29, 1.82) is 0 Å². The number of rotatable bonds is 0. The third-order valence-electron chi connectivity index (χ3n) is 0. The zero-order valence-electron chi connectivity index (χ0n) is 2.29. The monoisotopic (exact) mass is 126 g/mol. The molecule has 3 radical (unpaired) electrons. The summed E-state index contributed by atoms with van der Waals surface area (Å²) in [5.41, 5.74) is 0. The molecule has 0 saturated heterocycles. The van der Waals surface area contributed by atoms with Gasteiger partial charge in [-0.1, -0.05) is 0 Å². The van der Waals surface area contributed by atoms with Crippen LogP contribution in [0.2, 0.25) is 0 Å². The first-order valence-electron chi connectivity index (χ1n) is 0.383. The van der Waals surface area contributed by atoms with E-state index in [4.69, 9.17) is 10.1 Å². The average molecular weight is 126 g/mol. The van der Waals surface area contributed by atoms with Crippen molar-refractivity contribution in [3.63, 3.8) is 0 Å². The number of nitrogens with zero attached hydrogens (tertiary/aromatic N) is 1. The molecule has 0 aromatic carbocycles. The van der Waals surface area contributed by atoms with Crippen molar-refractivity contribution in [3.05, 3.63) is 4.91 Å². The normalized spacial score (nSPS) is 2.40. The Kier molecular flexibility index (Phi) is 89.6. The van der Waals surface area contributed by atoms with Gasteiger partial charge in [-0.2, -0.15) is 0 Å². The van der Waals surface area contributed by atoms with E-state index in [2.05, 4.69) is 0 Å². The van der Waals surface area contributed by atoms with Crippen LogP contribution in [0, 0.1) is 4.91 Å². The largest absolute Gasteiger partial charge is 0.379 e. The molecule has 0 aliphatic rings. The molecule has 1 N–H and O–H groups in total. The Labute approximate surface area is 50.6 Å². The summed E-state index contributed by atoms with van der Waals surface area (Å²) in [5.74, 6) is 0. The van der Waals surface area contributed by atoms with Gasteiger partial charge in [-0.15, -0.1) is 4.91 Å². The van der Waals surface area contributed by atoms with Gasteiger partial charge in [-0.05, 0) is 0 Å². The van der Waals surface area contributed by atoms with Crippen LogP contribution in [-0.4, -0.2) is 22.6 Å². The molecule has 0 saturated carbocycles. The Morgan fingerprint density at radius 3 is 1.60 bits per heavy atom. The van der Waals surface area contributed by atoms with Crippen molar-refractivity contribution in [2.45, 2.75) is 0 Å². The predicted octanol–water partition coefficient (Wildman–Crippen LogP) is -0.241. The summed E-state index contributed by atoms with van der Waals surface area (Å²) in [7, 11) is 0. The van der Waals surface area contributed by atoms with E-state index in [1.54, 1.807) is 0 Å². The molecule has 0 unspecified atom stereocenters. The van der Waals surface area contributed by atoms with Crippen molar-refractivity contribution in [1.82, 2.24) is 0 Å². The fraction of sp³-hybridized carbons (Fsp3) is 0. The third-order valence-corrected chi connectivity index (χ3v) is 0. The molecule has 0 heterocycles. The molecule has 3 nitrogen and oxygen atoms in total. The number of hydrogen-bond donors (Lipinski definition) is 1. The van der Waals surface area contributed by atoms with Crippen molar-refractivity contribution in [2.24, 2.45) is 5.34 Å². The van der Waals surface area contributed by atoms with E-state index in [1.807, 2.05) is 0 Å². The summed E-state index contributed by atoms with van der Waals surface area (Å²) < 4.78 is 0. The molecule has 0 aliphatic heterocycles. The summed E-state index contributed by atoms with van der Waals surface area (Å²) in [4.78, 5) is 8.11. The molecular formula is HAlCrNO2. The summed E-state index contributed by atoms with van der Waals surface area (Å²) in [5, 5.41) is 7.89. The second-order valence-corrected chi connectivity index (χ2v) is 0.0816. The van der Waals surface area contributed by atoms with Gasteiger partial charge in [-0.25, -0.2) is 0 Å². The zero-order chi connectivity index (χ0) is 2.71. The standard InChI is InChI=1S/Al.Cr.HNO2/c;;2-1-3/h;;(H,2,3). The van der Waals surface area contributed by atoms with Crippen LogP contribution in [0.25, 0.3) is 0 Å². The Morgan fingerprint density at radius 1 is 1.60 bits per heavy atom. The second-order valence-electron chi connectivity index (χ2n) is 0.0816. The second kappa shape index (κ2) is 25.0. The van der Waals surface area contributed by atoms with Gasteiger partial charge >= 0.3 is 0 Å². The Hall–Kier alpha value is 0.465. The Bertz CT molecular complexity index is 17.1. The van der Waals surface area contributed by atoms with Gasteiger partial charge < -0.3 is 5.21 Å². The zero-order valence-corrected chi connectivity index (χ0v) is 4.72. The molecule has 0 bridgehead atoms. The SMILES string of the molecule is O=NO.[Al].[Cr]. The summed E-state index contributed by atoms with van der Waals surface area (Å²) in [6.45, 7) is 0. The number of hydrogen-bond acceptors (Lipinski definition) is 2. The van der Waals surface area contributed by atoms with Gasteiger partial charge in [0.05, 0.1) is 0 Å². The maximum atomic E-state index is 8.11. The van der Waals surface area contributed by atoms with Crippen molar-refractivity contribution >= 4 is 17.4 Å². The molecule has 0 amide bonds. The molecule has 0 rings (SSSR count). The van der Waals surface area contributed by atoms with Crippen molar-refractivity contribution in [2.75, 3.05) is 0 Å². The van der Waals surface area contributed by atoms with E-state index in [0.29, 0.717) is 0 Å². The van der Waals surface area contributed by atoms with Gasteiger partial charge in [-0.3, -0.25) is 0 Å². The fourth-order valence-corrected chi connectivity index (χ4v) is 0. The summed E-state index contributed by atoms with van der Waals surface area (Å²) in [6, 6.07) is 0. The molecule has 5 heteroatoms. The van der Waals surface area contributed by atoms with E-state index >= 15 is 0 Å². The first-order valence-corrected chi connectivity index (χ1v) is 0.383. The molecule has 0 fully saturated rings. The molecule has 27 valence electrons. The minimum Gasteiger partial charge on any atom is -0.379 e. The molecule has 0 aliphatic carbocycles. The van der Waals surface area contributed by atoms with Gasteiger partial charge in [0.2, 0.25) is 0 Å². The topological polar surface area (TPSA) is 49.7 Å². The van der Waals surface area contributed by atoms with Crippen LogP contribution in [-0.2, 0) is 17.4 Å². The average Bonchev–Trinajstić information content (AvgIpc) is 0.918. The quantitative estimate of drug-likeness (QED) is 0.276. The van der Waals surface area contributed by atoms with Gasteiger partial charge in [0.25, 0.3) is 0 Å². The fourth-order valence-electron chi connectivity index (χ4n) is 0. The van der Waals surface area contributed by atoms with Gasteiger partial charge in [0.1, 0.15) is 0 Å². The van der Waals surface area contributed by atoms with E-state index < -0.39 is 0 Å². The third kappa shape index (κ3) is 125. The first-order chi connectivity index (χ1) is 1.41. The molecule has 0 atom stereocenters. The van der Waals surface area contributed by atoms with Crippen molar-refractivity contribution < 1.29 is 22.6 Å². The van der Waals surface area contributed by atoms with Gasteiger partial charge in [0.15, 0.2) is 5.34 Å². The summed E-state index contributed by atoms with van der Waals surface area (Å²) in [6.07, 6.45) is 0. The smallest absolute Gasteiger partial charge is 0.152 e. The predicted molar refractivity (Wildman–Crippen MR) is 13.3 cm³/mol. The van der Waals surface area contributed by atoms with Gasteiger partial charge in [0, 0.05) is 34.7 Å².